The maximum Gasteiger partial charge on any atom is 0.393 e. The van der Waals surface area contributed by atoms with Crippen LogP contribution in [0.2, 0.25) is 0 Å². The zero-order chi connectivity index (χ0) is 25.3. The average Bonchev–Trinajstić information content (AvgIpc) is 2.77. The number of hydrogen-bond acceptors (Lipinski definition) is 5. The van der Waals surface area contributed by atoms with Gasteiger partial charge in [0.15, 0.2) is 6.10 Å². The Kier molecular flexibility index (Phi) is 9.47. The summed E-state index contributed by atoms with van der Waals surface area (Å²) in [6.07, 6.45) is -0.703. The largest absolute Gasteiger partial charge is 0.480 e. The summed E-state index contributed by atoms with van der Waals surface area (Å²) < 4.78 is 63.2. The number of methoxy groups -OCH3 is 1. The number of rotatable bonds is 9. The fourth-order valence-corrected chi connectivity index (χ4v) is 3.23. The van der Waals surface area contributed by atoms with E-state index in [1.165, 1.54) is 48.6 Å². The monoisotopic (exact) mass is 482 g/mol. The van der Waals surface area contributed by atoms with Crippen molar-refractivity contribution in [2.75, 3.05) is 30.4 Å². The first-order valence-electron chi connectivity index (χ1n) is 10.4. The Bertz CT molecular complexity index is 999. The second-order valence-electron chi connectivity index (χ2n) is 7.30. The minimum absolute atomic E-state index is 0.00520. The Hall–Kier alpha value is -3.56. The number of carbonyl (C=O) groups excluding carboxylic acids is 2. The van der Waals surface area contributed by atoms with Crippen molar-refractivity contribution >= 4 is 23.3 Å². The van der Waals surface area contributed by atoms with E-state index in [0.717, 1.165) is 7.11 Å². The van der Waals surface area contributed by atoms with Crippen LogP contribution in [0.5, 0.6) is 0 Å². The van der Waals surface area contributed by atoms with Gasteiger partial charge in [-0.15, -0.1) is 0 Å². The van der Waals surface area contributed by atoms with E-state index in [-0.39, 0.29) is 29.4 Å². The molecule has 0 bridgehead atoms. The standard InChI is InChI=1S/C24H26F4N2O4/c1-4-7-18(8-5-2)34-21(14-24(26,27)28)22(31)29-20-11-10-17(13-19(20)23(32)33-3)30-12-6-9-16(25)15-30/h4-5,7-11,13,21H,1,6,12,14-15H2,2-3H3,(H,29,31)/b8-5-,18-7+/t21-/m0/s1. The zero-order valence-corrected chi connectivity index (χ0v) is 18.8. The molecule has 184 valence electrons. The molecule has 34 heavy (non-hydrogen) atoms. The molecule has 1 aliphatic rings. The summed E-state index contributed by atoms with van der Waals surface area (Å²) in [5.74, 6) is -2.24. The van der Waals surface area contributed by atoms with Gasteiger partial charge >= 0.3 is 12.1 Å². The second kappa shape index (κ2) is 12.1. The highest BCUT2D eigenvalue weighted by molar-refractivity contribution is 6.03. The Morgan fingerprint density at radius 2 is 2.06 bits per heavy atom. The van der Waals surface area contributed by atoms with Crippen molar-refractivity contribution in [2.24, 2.45) is 0 Å². The fourth-order valence-electron chi connectivity index (χ4n) is 3.23. The van der Waals surface area contributed by atoms with Crippen molar-refractivity contribution in [1.29, 1.82) is 0 Å². The first kappa shape index (κ1) is 26.7. The van der Waals surface area contributed by atoms with E-state index in [1.807, 2.05) is 0 Å². The van der Waals surface area contributed by atoms with Gasteiger partial charge in [-0.2, -0.15) is 13.2 Å². The number of halogens is 4. The van der Waals surface area contributed by atoms with Crippen LogP contribution in [0, 0.1) is 0 Å². The van der Waals surface area contributed by atoms with Gasteiger partial charge < -0.3 is 19.7 Å². The molecule has 1 heterocycles. The highest BCUT2D eigenvalue weighted by Gasteiger charge is 2.37. The van der Waals surface area contributed by atoms with Gasteiger partial charge in [0.05, 0.1) is 31.3 Å². The predicted octanol–water partition coefficient (Wildman–Crippen LogP) is 5.46. The van der Waals surface area contributed by atoms with Crippen LogP contribution in [0.4, 0.5) is 28.9 Å². The first-order valence-corrected chi connectivity index (χ1v) is 10.4. The number of nitrogens with one attached hydrogen (secondary N) is 1. The lowest BCUT2D eigenvalue weighted by molar-refractivity contribution is -0.162. The highest BCUT2D eigenvalue weighted by atomic mass is 19.4. The molecule has 1 aliphatic heterocycles. The van der Waals surface area contributed by atoms with Crippen LogP contribution in [0.3, 0.4) is 0 Å². The molecule has 0 spiro atoms. The van der Waals surface area contributed by atoms with E-state index in [0.29, 0.717) is 18.7 Å². The molecule has 10 heteroatoms. The molecule has 0 saturated heterocycles. The number of carbonyl (C=O) groups is 2. The smallest absolute Gasteiger partial charge is 0.393 e. The van der Waals surface area contributed by atoms with Crippen molar-refractivity contribution in [2.45, 2.75) is 32.0 Å². The summed E-state index contributed by atoms with van der Waals surface area (Å²) in [5.41, 5.74) is 0.336. The Balaban J connectivity index is 2.35. The minimum atomic E-state index is -4.70. The lowest BCUT2D eigenvalue weighted by Gasteiger charge is -2.27. The molecule has 1 aromatic rings. The summed E-state index contributed by atoms with van der Waals surface area (Å²) in [5, 5.41) is 2.33. The van der Waals surface area contributed by atoms with Gasteiger partial charge in [0.1, 0.15) is 11.6 Å². The van der Waals surface area contributed by atoms with Gasteiger partial charge in [-0.1, -0.05) is 18.7 Å². The number of hydrogen-bond donors (Lipinski definition) is 1. The molecule has 6 nitrogen and oxygen atoms in total. The molecular weight excluding hydrogens is 456 g/mol. The molecule has 0 unspecified atom stereocenters. The molecule has 0 saturated carbocycles. The molecule has 0 aliphatic carbocycles. The van der Waals surface area contributed by atoms with Crippen LogP contribution >= 0.6 is 0 Å². The quantitative estimate of drug-likeness (QED) is 0.219. The topological polar surface area (TPSA) is 67.9 Å². The summed E-state index contributed by atoms with van der Waals surface area (Å²) in [6.45, 7) is 5.62. The Morgan fingerprint density at radius 1 is 1.32 bits per heavy atom. The molecule has 1 aromatic carbocycles. The SMILES string of the molecule is C=C/C=C(\C=C/C)O[C@@H](CC(F)(F)F)C(=O)Nc1ccc(N2CCC=C(F)C2)cc1C(=O)OC. The van der Waals surface area contributed by atoms with E-state index in [2.05, 4.69) is 11.9 Å². The van der Waals surface area contributed by atoms with Crippen molar-refractivity contribution in [3.8, 4) is 0 Å². The third kappa shape index (κ3) is 7.79. The van der Waals surface area contributed by atoms with Crippen molar-refractivity contribution in [3.63, 3.8) is 0 Å². The third-order valence-electron chi connectivity index (χ3n) is 4.74. The number of esters is 1. The number of amides is 1. The maximum absolute atomic E-state index is 13.7. The summed E-state index contributed by atoms with van der Waals surface area (Å²) in [4.78, 5) is 26.8. The lowest BCUT2D eigenvalue weighted by Crippen LogP contribution is -2.35. The zero-order valence-electron chi connectivity index (χ0n) is 18.8. The van der Waals surface area contributed by atoms with Gasteiger partial charge in [-0.05, 0) is 49.8 Å². The summed E-state index contributed by atoms with van der Waals surface area (Å²) >= 11 is 0. The van der Waals surface area contributed by atoms with Gasteiger partial charge in [0.25, 0.3) is 5.91 Å². The molecule has 0 radical (unpaired) electrons. The van der Waals surface area contributed by atoms with E-state index < -0.39 is 30.6 Å². The van der Waals surface area contributed by atoms with Gasteiger partial charge in [-0.3, -0.25) is 4.79 Å². The summed E-state index contributed by atoms with van der Waals surface area (Å²) in [6, 6.07) is 4.28. The average molecular weight is 482 g/mol. The van der Waals surface area contributed by atoms with Crippen LogP contribution < -0.4 is 10.2 Å². The van der Waals surface area contributed by atoms with Crippen LogP contribution in [-0.2, 0) is 14.3 Å². The van der Waals surface area contributed by atoms with Crippen LogP contribution in [0.1, 0.15) is 30.1 Å². The van der Waals surface area contributed by atoms with Gasteiger partial charge in [0, 0.05) is 12.2 Å². The van der Waals surface area contributed by atoms with E-state index >= 15 is 0 Å². The number of allylic oxidation sites excluding steroid dienone is 4. The molecule has 1 N–H and O–H groups in total. The second-order valence-corrected chi connectivity index (χ2v) is 7.30. The van der Waals surface area contributed by atoms with Gasteiger partial charge in [-0.25, -0.2) is 9.18 Å². The van der Waals surface area contributed by atoms with Crippen LogP contribution in [0.15, 0.2) is 66.7 Å². The van der Waals surface area contributed by atoms with E-state index in [9.17, 15) is 27.2 Å². The summed E-state index contributed by atoms with van der Waals surface area (Å²) in [7, 11) is 1.13. The normalized spacial score (nSPS) is 15.5. The highest BCUT2D eigenvalue weighted by Crippen LogP contribution is 2.29. The number of benzene rings is 1. The van der Waals surface area contributed by atoms with Gasteiger partial charge in [0.2, 0.25) is 0 Å². The molecule has 1 amide bonds. The van der Waals surface area contributed by atoms with Crippen LogP contribution in [0.25, 0.3) is 0 Å². The first-order chi connectivity index (χ1) is 16.1. The number of anilines is 2. The van der Waals surface area contributed by atoms with E-state index in [1.54, 1.807) is 11.8 Å². The van der Waals surface area contributed by atoms with Crippen molar-refractivity contribution in [3.05, 3.63) is 72.3 Å². The Morgan fingerprint density at radius 3 is 2.65 bits per heavy atom. The molecule has 2 rings (SSSR count). The predicted molar refractivity (Wildman–Crippen MR) is 121 cm³/mol. The number of nitrogens with zero attached hydrogens (tertiary/aromatic N) is 1. The van der Waals surface area contributed by atoms with Crippen molar-refractivity contribution in [1.82, 2.24) is 0 Å². The third-order valence-corrected chi connectivity index (χ3v) is 4.74. The van der Waals surface area contributed by atoms with E-state index in [4.69, 9.17) is 9.47 Å². The molecular formula is C24H26F4N2O4. The molecule has 0 fully saturated rings. The van der Waals surface area contributed by atoms with Crippen molar-refractivity contribution < 1.29 is 36.6 Å². The molecule has 0 aromatic heterocycles. The fraction of sp³-hybridized carbons (Fsp3) is 0.333. The number of ether oxygens (including phenoxy) is 2. The Labute approximate surface area is 195 Å². The van der Waals surface area contributed by atoms with Crippen LogP contribution in [-0.4, -0.2) is 44.4 Å². The minimum Gasteiger partial charge on any atom is -0.480 e. The maximum atomic E-state index is 13.7. The number of alkyl halides is 3. The lowest BCUT2D eigenvalue weighted by atomic mass is 10.1. The molecule has 1 atom stereocenters.